The van der Waals surface area contributed by atoms with Crippen molar-refractivity contribution in [3.63, 3.8) is 0 Å². The molecule has 0 saturated carbocycles. The molecule has 0 bridgehead atoms. The molecule has 5 heteroatoms. The van der Waals surface area contributed by atoms with Crippen molar-refractivity contribution < 1.29 is 19.0 Å². The monoisotopic (exact) mass is 253 g/mol. The van der Waals surface area contributed by atoms with Gasteiger partial charge >= 0.3 is 0 Å². The van der Waals surface area contributed by atoms with Crippen molar-refractivity contribution in [3.8, 4) is 11.5 Å². The number of hydrogen-bond acceptors (Lipinski definition) is 5. The minimum Gasteiger partial charge on any atom is -0.496 e. The van der Waals surface area contributed by atoms with Gasteiger partial charge in [-0.1, -0.05) is 0 Å². The largest absolute Gasteiger partial charge is 0.496 e. The number of nitrogens with one attached hydrogen (secondary N) is 1. The summed E-state index contributed by atoms with van der Waals surface area (Å²) in [5.74, 6) is 1.12. The first-order valence-corrected chi connectivity index (χ1v) is 5.59. The Bertz CT molecular complexity index is 418. The van der Waals surface area contributed by atoms with E-state index in [0.29, 0.717) is 23.7 Å². The van der Waals surface area contributed by atoms with E-state index in [0.717, 1.165) is 5.56 Å². The number of ether oxygens (including phenoxy) is 3. The summed E-state index contributed by atoms with van der Waals surface area (Å²) in [6.07, 6.45) is 0. The molecule has 0 aliphatic heterocycles. The third kappa shape index (κ3) is 3.21. The molecule has 0 amide bonds. The summed E-state index contributed by atoms with van der Waals surface area (Å²) in [6.45, 7) is 0.641. The molecule has 0 aliphatic carbocycles. The highest BCUT2D eigenvalue weighted by molar-refractivity contribution is 6.00. The fraction of sp³-hybridized carbons (Fsp3) is 0.462. The number of Topliss-reactive ketones (excluding diaryl/α,β-unsaturated/α-hetero) is 1. The standard InChI is InChI=1S/C13H19NO4/c1-14-7-11(15)10-5-9(8-16-2)12(17-3)6-13(10)18-4/h5-6,14H,7-8H2,1-4H3. The lowest BCUT2D eigenvalue weighted by Gasteiger charge is -2.13. The SMILES string of the molecule is CNCC(=O)c1cc(COC)c(OC)cc1OC. The molecule has 0 heterocycles. The fourth-order valence-corrected chi connectivity index (χ4v) is 1.71. The van der Waals surface area contributed by atoms with E-state index in [1.807, 2.05) is 0 Å². The molecule has 0 atom stereocenters. The molecular formula is C13H19NO4. The maximum atomic E-state index is 12.0. The minimum atomic E-state index is -0.0330. The van der Waals surface area contributed by atoms with Crippen molar-refractivity contribution in [2.24, 2.45) is 0 Å². The number of rotatable bonds is 7. The second kappa shape index (κ2) is 6.98. The van der Waals surface area contributed by atoms with Gasteiger partial charge < -0.3 is 19.5 Å². The number of methoxy groups -OCH3 is 3. The zero-order valence-electron chi connectivity index (χ0n) is 11.2. The number of carbonyl (C=O) groups excluding carboxylic acids is 1. The molecule has 100 valence electrons. The quantitative estimate of drug-likeness (QED) is 0.741. The summed E-state index contributed by atoms with van der Waals surface area (Å²) in [4.78, 5) is 12.0. The van der Waals surface area contributed by atoms with Crippen molar-refractivity contribution in [3.05, 3.63) is 23.3 Å². The number of ketones is 1. The Hall–Kier alpha value is -1.59. The van der Waals surface area contributed by atoms with E-state index in [1.165, 1.54) is 7.11 Å². The van der Waals surface area contributed by atoms with Crippen LogP contribution in [-0.2, 0) is 11.3 Å². The molecule has 1 aromatic rings. The highest BCUT2D eigenvalue weighted by Gasteiger charge is 2.16. The molecule has 1 rings (SSSR count). The van der Waals surface area contributed by atoms with Gasteiger partial charge in [-0.3, -0.25) is 4.79 Å². The highest BCUT2D eigenvalue weighted by Crippen LogP contribution is 2.29. The number of hydrogen-bond donors (Lipinski definition) is 1. The summed E-state index contributed by atoms with van der Waals surface area (Å²) in [5.41, 5.74) is 1.35. The predicted octanol–water partition coefficient (Wildman–Crippen LogP) is 1.25. The first-order valence-electron chi connectivity index (χ1n) is 5.59. The van der Waals surface area contributed by atoms with E-state index in [4.69, 9.17) is 14.2 Å². The number of benzene rings is 1. The Morgan fingerprint density at radius 1 is 1.17 bits per heavy atom. The van der Waals surface area contributed by atoms with Crippen LogP contribution >= 0.6 is 0 Å². The normalized spacial score (nSPS) is 10.2. The van der Waals surface area contributed by atoms with E-state index in [1.54, 1.807) is 33.4 Å². The average Bonchev–Trinajstić information content (AvgIpc) is 2.38. The van der Waals surface area contributed by atoms with Gasteiger partial charge in [0.2, 0.25) is 0 Å². The van der Waals surface area contributed by atoms with Crippen LogP contribution in [0.4, 0.5) is 0 Å². The first-order chi connectivity index (χ1) is 8.67. The Morgan fingerprint density at radius 3 is 2.33 bits per heavy atom. The molecule has 18 heavy (non-hydrogen) atoms. The lowest BCUT2D eigenvalue weighted by Crippen LogP contribution is -2.19. The van der Waals surface area contributed by atoms with Gasteiger partial charge in [0.15, 0.2) is 5.78 Å². The Labute approximate surface area is 107 Å². The van der Waals surface area contributed by atoms with Gasteiger partial charge in [-0.25, -0.2) is 0 Å². The van der Waals surface area contributed by atoms with Crippen molar-refractivity contribution in [2.45, 2.75) is 6.61 Å². The fourth-order valence-electron chi connectivity index (χ4n) is 1.71. The molecule has 1 aromatic carbocycles. The van der Waals surface area contributed by atoms with Crippen LogP contribution in [0.1, 0.15) is 15.9 Å². The summed E-state index contributed by atoms with van der Waals surface area (Å²) in [7, 11) is 6.42. The van der Waals surface area contributed by atoms with Crippen LogP contribution in [0.15, 0.2) is 12.1 Å². The van der Waals surface area contributed by atoms with Gasteiger partial charge in [0.1, 0.15) is 11.5 Å². The van der Waals surface area contributed by atoms with Crippen LogP contribution in [-0.4, -0.2) is 40.7 Å². The van der Waals surface area contributed by atoms with Gasteiger partial charge in [-0.15, -0.1) is 0 Å². The van der Waals surface area contributed by atoms with E-state index >= 15 is 0 Å². The Morgan fingerprint density at radius 2 is 1.83 bits per heavy atom. The van der Waals surface area contributed by atoms with Gasteiger partial charge in [-0.05, 0) is 13.1 Å². The first kappa shape index (κ1) is 14.5. The van der Waals surface area contributed by atoms with Gasteiger partial charge in [0, 0.05) is 18.7 Å². The van der Waals surface area contributed by atoms with Gasteiger partial charge in [0.25, 0.3) is 0 Å². The highest BCUT2D eigenvalue weighted by atomic mass is 16.5. The lowest BCUT2D eigenvalue weighted by molar-refractivity contribution is 0.0990. The molecule has 0 spiro atoms. The molecule has 0 aromatic heterocycles. The van der Waals surface area contributed by atoms with Crippen LogP contribution in [0.5, 0.6) is 11.5 Å². The van der Waals surface area contributed by atoms with Crippen molar-refractivity contribution in [1.29, 1.82) is 0 Å². The zero-order chi connectivity index (χ0) is 13.5. The number of likely N-dealkylation sites (N-methyl/N-ethyl adjacent to an activating group) is 1. The lowest BCUT2D eigenvalue weighted by atomic mass is 10.0. The summed E-state index contributed by atoms with van der Waals surface area (Å²) >= 11 is 0. The van der Waals surface area contributed by atoms with E-state index < -0.39 is 0 Å². The maximum absolute atomic E-state index is 12.0. The summed E-state index contributed by atoms with van der Waals surface area (Å²) in [5, 5.41) is 2.83. The molecule has 0 radical (unpaired) electrons. The Balaban J connectivity index is 3.22. The van der Waals surface area contributed by atoms with E-state index in [-0.39, 0.29) is 12.3 Å². The number of carbonyl (C=O) groups is 1. The molecule has 0 aliphatic rings. The van der Waals surface area contributed by atoms with Crippen LogP contribution in [0.2, 0.25) is 0 Å². The second-order valence-electron chi connectivity index (χ2n) is 3.75. The van der Waals surface area contributed by atoms with Gasteiger partial charge in [-0.2, -0.15) is 0 Å². The zero-order valence-corrected chi connectivity index (χ0v) is 11.2. The molecule has 5 nitrogen and oxygen atoms in total. The average molecular weight is 253 g/mol. The minimum absolute atomic E-state index is 0.0330. The predicted molar refractivity (Wildman–Crippen MR) is 68.5 cm³/mol. The van der Waals surface area contributed by atoms with E-state index in [2.05, 4.69) is 5.32 Å². The summed E-state index contributed by atoms with van der Waals surface area (Å²) < 4.78 is 15.6. The van der Waals surface area contributed by atoms with Crippen LogP contribution in [0.3, 0.4) is 0 Å². The molecular weight excluding hydrogens is 234 g/mol. The maximum Gasteiger partial charge on any atom is 0.180 e. The van der Waals surface area contributed by atoms with Crippen LogP contribution in [0, 0.1) is 0 Å². The topological polar surface area (TPSA) is 56.8 Å². The van der Waals surface area contributed by atoms with E-state index in [9.17, 15) is 4.79 Å². The molecule has 0 fully saturated rings. The Kier molecular flexibility index (Phi) is 5.61. The molecule has 1 N–H and O–H groups in total. The summed E-state index contributed by atoms with van der Waals surface area (Å²) in [6, 6.07) is 3.46. The van der Waals surface area contributed by atoms with Crippen molar-refractivity contribution >= 4 is 5.78 Å². The van der Waals surface area contributed by atoms with Crippen molar-refractivity contribution in [2.75, 3.05) is 34.9 Å². The van der Waals surface area contributed by atoms with Crippen LogP contribution in [0.25, 0.3) is 0 Å². The third-order valence-corrected chi connectivity index (χ3v) is 2.54. The van der Waals surface area contributed by atoms with Gasteiger partial charge in [0.05, 0.1) is 32.9 Å². The van der Waals surface area contributed by atoms with Crippen LogP contribution < -0.4 is 14.8 Å². The third-order valence-electron chi connectivity index (χ3n) is 2.54. The second-order valence-corrected chi connectivity index (χ2v) is 3.75. The smallest absolute Gasteiger partial charge is 0.180 e. The van der Waals surface area contributed by atoms with Crippen molar-refractivity contribution in [1.82, 2.24) is 5.32 Å². The molecule has 0 unspecified atom stereocenters. The molecule has 0 saturated heterocycles.